The molecule has 0 amide bonds. The second kappa shape index (κ2) is 10.5. The van der Waals surface area contributed by atoms with Gasteiger partial charge in [-0.15, -0.1) is 11.3 Å². The smallest absolute Gasteiger partial charge is 0.176 e. The van der Waals surface area contributed by atoms with Crippen LogP contribution in [-0.2, 0) is 12.0 Å². The van der Waals surface area contributed by atoms with Crippen LogP contribution in [0.2, 0.25) is 0 Å². The molecule has 3 heterocycles. The van der Waals surface area contributed by atoms with E-state index in [-0.39, 0.29) is 16.1 Å². The lowest BCUT2D eigenvalue weighted by atomic mass is 9.81. The van der Waals surface area contributed by atoms with E-state index in [1.807, 2.05) is 19.2 Å². The zero-order chi connectivity index (χ0) is 22.5. The highest BCUT2D eigenvalue weighted by molar-refractivity contribution is 7.10. The summed E-state index contributed by atoms with van der Waals surface area (Å²) in [4.78, 5) is 8.30. The first kappa shape index (κ1) is 24.3. The summed E-state index contributed by atoms with van der Waals surface area (Å²) < 4.78 is 13.5. The predicted octanol–water partition coefficient (Wildman–Crippen LogP) is 4.74. The maximum atomic E-state index is 13.5. The molecule has 31 heavy (non-hydrogen) atoms. The quantitative estimate of drug-likeness (QED) is 0.489. The van der Waals surface area contributed by atoms with E-state index >= 15 is 0 Å². The van der Waals surface area contributed by atoms with E-state index < -0.39 is 0 Å². The Balaban J connectivity index is 1.67. The highest BCUT2D eigenvalue weighted by Crippen LogP contribution is 2.41. The Labute approximate surface area is 191 Å². The minimum absolute atomic E-state index is 0.0588. The highest BCUT2D eigenvalue weighted by atomic mass is 32.1. The third kappa shape index (κ3) is 6.58. The van der Waals surface area contributed by atoms with Gasteiger partial charge in [0.2, 0.25) is 0 Å². The number of aryl methyl sites for hydroxylation is 2. The number of halogens is 1. The third-order valence-corrected chi connectivity index (χ3v) is 7.67. The maximum absolute atomic E-state index is 13.5. The molecule has 4 nitrogen and oxygen atoms in total. The first-order valence-electron chi connectivity index (χ1n) is 11.6. The molecule has 2 aromatic rings. The molecule has 6 heteroatoms. The summed E-state index contributed by atoms with van der Waals surface area (Å²) in [6.07, 6.45) is 5.21. The summed E-state index contributed by atoms with van der Waals surface area (Å²) >= 11 is 1.29. The molecule has 0 radical (unpaired) electrons. The molecule has 1 atom stereocenters. The maximum Gasteiger partial charge on any atom is 0.176 e. The lowest BCUT2D eigenvalue weighted by molar-refractivity contribution is 0.126. The van der Waals surface area contributed by atoms with E-state index in [0.29, 0.717) is 6.04 Å². The zero-order valence-electron chi connectivity index (χ0n) is 19.8. The monoisotopic (exact) mass is 446 g/mol. The van der Waals surface area contributed by atoms with Crippen LogP contribution in [0.4, 0.5) is 4.39 Å². The molecule has 1 aliphatic rings. The van der Waals surface area contributed by atoms with E-state index in [1.165, 1.54) is 16.9 Å². The fourth-order valence-electron chi connectivity index (χ4n) is 4.54. The SMILES string of the molecule is Cc1ccc(C(C)(C)N2CCC(CCc3ccc(F)s3)(CNCCNC(C)C)C2)cn1. The summed E-state index contributed by atoms with van der Waals surface area (Å²) in [5.74, 6) is 0. The Kier molecular flexibility index (Phi) is 8.25. The van der Waals surface area contributed by atoms with Gasteiger partial charge in [-0.05, 0) is 75.8 Å². The van der Waals surface area contributed by atoms with Crippen LogP contribution in [0.5, 0.6) is 0 Å². The molecular weight excluding hydrogens is 407 g/mol. The van der Waals surface area contributed by atoms with E-state index in [4.69, 9.17) is 0 Å². The molecule has 3 rings (SSSR count). The van der Waals surface area contributed by atoms with Gasteiger partial charge in [0.1, 0.15) is 0 Å². The minimum atomic E-state index is -0.0806. The van der Waals surface area contributed by atoms with Gasteiger partial charge in [0.15, 0.2) is 5.13 Å². The number of hydrogen-bond donors (Lipinski definition) is 2. The van der Waals surface area contributed by atoms with Crippen LogP contribution in [0.15, 0.2) is 30.5 Å². The number of rotatable bonds is 11. The van der Waals surface area contributed by atoms with Gasteiger partial charge in [-0.1, -0.05) is 19.9 Å². The second-order valence-corrected chi connectivity index (χ2v) is 11.0. The van der Waals surface area contributed by atoms with Crippen LogP contribution >= 0.6 is 11.3 Å². The van der Waals surface area contributed by atoms with Gasteiger partial charge >= 0.3 is 0 Å². The van der Waals surface area contributed by atoms with E-state index in [1.54, 1.807) is 6.07 Å². The summed E-state index contributed by atoms with van der Waals surface area (Å²) in [6, 6.07) is 8.37. The van der Waals surface area contributed by atoms with Gasteiger partial charge in [0.25, 0.3) is 0 Å². The Morgan fingerprint density at radius 3 is 2.68 bits per heavy atom. The van der Waals surface area contributed by atoms with Crippen LogP contribution in [0.25, 0.3) is 0 Å². The van der Waals surface area contributed by atoms with Crippen LogP contribution in [-0.4, -0.2) is 48.6 Å². The van der Waals surface area contributed by atoms with Crippen molar-refractivity contribution in [1.29, 1.82) is 0 Å². The van der Waals surface area contributed by atoms with Gasteiger partial charge in [0.05, 0.1) is 0 Å². The summed E-state index contributed by atoms with van der Waals surface area (Å²) in [6.45, 7) is 16.1. The molecule has 1 unspecified atom stereocenters. The Morgan fingerprint density at radius 2 is 2.03 bits per heavy atom. The van der Waals surface area contributed by atoms with E-state index in [0.717, 1.165) is 62.6 Å². The largest absolute Gasteiger partial charge is 0.315 e. The molecule has 0 aliphatic carbocycles. The fraction of sp³-hybridized carbons (Fsp3) is 0.640. The molecule has 0 spiro atoms. The van der Waals surface area contributed by atoms with Gasteiger partial charge < -0.3 is 10.6 Å². The molecule has 1 saturated heterocycles. The predicted molar refractivity (Wildman–Crippen MR) is 129 cm³/mol. The number of aromatic nitrogens is 1. The van der Waals surface area contributed by atoms with Gasteiger partial charge in [-0.25, -0.2) is 0 Å². The van der Waals surface area contributed by atoms with Crippen LogP contribution in [0.1, 0.15) is 56.7 Å². The number of nitrogens with one attached hydrogen (secondary N) is 2. The van der Waals surface area contributed by atoms with Crippen LogP contribution in [0.3, 0.4) is 0 Å². The number of likely N-dealkylation sites (tertiary alicyclic amines) is 1. The molecule has 0 bridgehead atoms. The molecular formula is C25H39FN4S. The first-order chi connectivity index (χ1) is 14.7. The second-order valence-electron chi connectivity index (χ2n) is 9.91. The number of thiophene rings is 1. The summed E-state index contributed by atoms with van der Waals surface area (Å²) in [7, 11) is 0. The number of nitrogens with zero attached hydrogens (tertiary/aromatic N) is 2. The van der Waals surface area contributed by atoms with Crippen LogP contribution < -0.4 is 10.6 Å². The molecule has 0 aromatic carbocycles. The normalized spacial score (nSPS) is 20.1. The molecule has 172 valence electrons. The Bertz CT molecular complexity index is 817. The van der Waals surface area contributed by atoms with Gasteiger partial charge in [-0.3, -0.25) is 9.88 Å². The minimum Gasteiger partial charge on any atom is -0.315 e. The summed E-state index contributed by atoms with van der Waals surface area (Å²) in [5.41, 5.74) is 2.46. The third-order valence-electron chi connectivity index (χ3n) is 6.73. The highest BCUT2D eigenvalue weighted by Gasteiger charge is 2.43. The molecule has 0 saturated carbocycles. The van der Waals surface area contributed by atoms with E-state index in [2.05, 4.69) is 60.3 Å². The van der Waals surface area contributed by atoms with Crippen molar-refractivity contribution in [2.75, 3.05) is 32.7 Å². The first-order valence-corrected chi connectivity index (χ1v) is 12.4. The van der Waals surface area contributed by atoms with Crippen molar-refractivity contribution in [2.45, 2.75) is 65.5 Å². The number of pyridine rings is 1. The average Bonchev–Trinajstić information content (AvgIpc) is 3.33. The average molecular weight is 447 g/mol. The van der Waals surface area contributed by atoms with E-state index in [9.17, 15) is 4.39 Å². The van der Waals surface area contributed by atoms with Crippen molar-refractivity contribution in [3.05, 3.63) is 51.7 Å². The van der Waals surface area contributed by atoms with Crippen molar-refractivity contribution >= 4 is 11.3 Å². The van der Waals surface area contributed by atoms with Crippen molar-refractivity contribution in [1.82, 2.24) is 20.5 Å². The fourth-order valence-corrected chi connectivity index (χ4v) is 5.27. The van der Waals surface area contributed by atoms with Crippen molar-refractivity contribution in [2.24, 2.45) is 5.41 Å². The Hall–Kier alpha value is -1.34. The standard InChI is InChI=1S/C25H39FN4S/c1-19(2)28-14-13-27-17-25(11-10-22-8-9-23(26)31-22)12-15-30(18-25)24(4,5)21-7-6-20(3)29-16-21/h6-9,16,19,27-28H,10-15,17-18H2,1-5H3. The van der Waals surface area contributed by atoms with Gasteiger partial charge in [-0.2, -0.15) is 4.39 Å². The topological polar surface area (TPSA) is 40.2 Å². The molecule has 1 aliphatic heterocycles. The van der Waals surface area contributed by atoms with Gasteiger partial charge in [0, 0.05) is 54.5 Å². The molecule has 2 N–H and O–H groups in total. The van der Waals surface area contributed by atoms with Crippen molar-refractivity contribution < 1.29 is 4.39 Å². The lowest BCUT2D eigenvalue weighted by Gasteiger charge is -2.38. The zero-order valence-corrected chi connectivity index (χ0v) is 20.6. The Morgan fingerprint density at radius 1 is 1.23 bits per heavy atom. The van der Waals surface area contributed by atoms with Crippen LogP contribution in [0, 0.1) is 17.5 Å². The number of hydrogen-bond acceptors (Lipinski definition) is 5. The molecule has 2 aromatic heterocycles. The molecule has 1 fully saturated rings. The summed E-state index contributed by atoms with van der Waals surface area (Å²) in [5, 5.41) is 7.11. The van der Waals surface area contributed by atoms with Crippen molar-refractivity contribution in [3.8, 4) is 0 Å². The van der Waals surface area contributed by atoms with Crippen molar-refractivity contribution in [3.63, 3.8) is 0 Å². The lowest BCUT2D eigenvalue weighted by Crippen LogP contribution is -2.44.